The molecule has 146 valence electrons. The number of benzene rings is 1. The molecule has 0 saturated heterocycles. The van der Waals surface area contributed by atoms with Crippen LogP contribution in [0.15, 0.2) is 18.2 Å². The minimum Gasteiger partial charge on any atom is -0.465 e. The molecule has 3 rings (SSSR count). The van der Waals surface area contributed by atoms with Crippen LogP contribution in [0.2, 0.25) is 10.0 Å². The van der Waals surface area contributed by atoms with Crippen molar-refractivity contribution in [1.82, 2.24) is 9.78 Å². The number of carbonyl (C=O) groups is 2. The summed E-state index contributed by atoms with van der Waals surface area (Å²) in [5.41, 5.74) is 0.781. The zero-order chi connectivity index (χ0) is 20.6. The van der Waals surface area contributed by atoms with E-state index in [4.69, 9.17) is 27.9 Å². The molecule has 0 radical (unpaired) electrons. The van der Waals surface area contributed by atoms with Gasteiger partial charge in [0.15, 0.2) is 5.02 Å². The maximum atomic E-state index is 12.3. The lowest BCUT2D eigenvalue weighted by molar-refractivity contribution is -0.389. The number of thiophene rings is 1. The van der Waals surface area contributed by atoms with Crippen molar-refractivity contribution >= 4 is 68.0 Å². The summed E-state index contributed by atoms with van der Waals surface area (Å²) in [6.45, 7) is 1.28. The van der Waals surface area contributed by atoms with Gasteiger partial charge in [0.05, 0.1) is 22.9 Å². The van der Waals surface area contributed by atoms with Crippen molar-refractivity contribution < 1.29 is 19.2 Å². The largest absolute Gasteiger partial charge is 0.465 e. The number of anilines is 1. The molecule has 2 heterocycles. The van der Waals surface area contributed by atoms with Gasteiger partial charge in [0, 0.05) is 15.8 Å². The Morgan fingerprint density at radius 3 is 2.68 bits per heavy atom. The maximum Gasteiger partial charge on any atom is 0.408 e. The SMILES string of the molecule is COC(=O)c1sc2cc(NC(=O)Cn3nc([N+](=O)[O-])c(Cl)c3C)ccc2c1Cl. The van der Waals surface area contributed by atoms with Crippen LogP contribution < -0.4 is 5.32 Å². The number of esters is 1. The van der Waals surface area contributed by atoms with Crippen molar-refractivity contribution in [2.45, 2.75) is 13.5 Å². The number of nitrogens with one attached hydrogen (secondary N) is 1. The molecular weight excluding hydrogens is 431 g/mol. The molecule has 0 atom stereocenters. The van der Waals surface area contributed by atoms with E-state index in [1.807, 2.05) is 0 Å². The standard InChI is InChI=1S/C16H12Cl2N4O5S/c1-7-12(17)15(22(25)26)20-21(7)6-11(23)19-8-3-4-9-10(5-8)28-14(13(9)18)16(24)27-2/h3-5H,6H2,1-2H3,(H,19,23). The minimum absolute atomic E-state index is 0.109. The van der Waals surface area contributed by atoms with E-state index in [-0.39, 0.29) is 16.4 Å². The van der Waals surface area contributed by atoms with Crippen LogP contribution in [0.5, 0.6) is 0 Å². The molecule has 1 aromatic carbocycles. The van der Waals surface area contributed by atoms with E-state index in [2.05, 4.69) is 10.4 Å². The quantitative estimate of drug-likeness (QED) is 0.361. The predicted octanol–water partition coefficient (Wildman–Crippen LogP) is 4.05. The fraction of sp³-hybridized carbons (Fsp3) is 0.188. The van der Waals surface area contributed by atoms with E-state index >= 15 is 0 Å². The number of amides is 1. The number of hydrogen-bond donors (Lipinski definition) is 1. The van der Waals surface area contributed by atoms with E-state index in [1.54, 1.807) is 18.2 Å². The molecule has 9 nitrogen and oxygen atoms in total. The third-order valence-electron chi connectivity index (χ3n) is 3.87. The summed E-state index contributed by atoms with van der Waals surface area (Å²) in [4.78, 5) is 34.5. The van der Waals surface area contributed by atoms with Gasteiger partial charge in [0.25, 0.3) is 0 Å². The van der Waals surface area contributed by atoms with Crippen LogP contribution in [0.1, 0.15) is 15.4 Å². The number of nitrogens with zero attached hydrogens (tertiary/aromatic N) is 3. The van der Waals surface area contributed by atoms with Crippen LogP contribution in [0, 0.1) is 17.0 Å². The molecule has 2 aromatic heterocycles. The van der Waals surface area contributed by atoms with E-state index in [0.29, 0.717) is 26.5 Å². The van der Waals surface area contributed by atoms with Gasteiger partial charge in [-0.3, -0.25) is 4.79 Å². The first kappa shape index (κ1) is 20.1. The van der Waals surface area contributed by atoms with Crippen LogP contribution in [-0.4, -0.2) is 33.7 Å². The number of hydrogen-bond acceptors (Lipinski definition) is 7. The average Bonchev–Trinajstić information content (AvgIpc) is 3.12. The molecule has 0 aliphatic rings. The van der Waals surface area contributed by atoms with Crippen molar-refractivity contribution in [3.63, 3.8) is 0 Å². The van der Waals surface area contributed by atoms with Crippen molar-refractivity contribution in [2.75, 3.05) is 12.4 Å². The molecular formula is C16H12Cl2N4O5S. The molecule has 28 heavy (non-hydrogen) atoms. The highest BCUT2D eigenvalue weighted by atomic mass is 35.5. The minimum atomic E-state index is -0.711. The zero-order valence-electron chi connectivity index (χ0n) is 14.5. The smallest absolute Gasteiger partial charge is 0.408 e. The molecule has 0 aliphatic carbocycles. The highest BCUT2D eigenvalue weighted by molar-refractivity contribution is 7.21. The van der Waals surface area contributed by atoms with Gasteiger partial charge in [-0.2, -0.15) is 4.68 Å². The first-order valence-corrected chi connectivity index (χ1v) is 9.27. The summed E-state index contributed by atoms with van der Waals surface area (Å²) in [6.07, 6.45) is 0. The third-order valence-corrected chi connectivity index (χ3v) is 5.95. The van der Waals surface area contributed by atoms with Gasteiger partial charge < -0.3 is 20.2 Å². The van der Waals surface area contributed by atoms with Gasteiger partial charge in [-0.1, -0.05) is 23.2 Å². The lowest BCUT2D eigenvalue weighted by atomic mass is 10.2. The van der Waals surface area contributed by atoms with Crippen LogP contribution >= 0.6 is 34.5 Å². The molecule has 0 fully saturated rings. The first-order chi connectivity index (χ1) is 13.2. The molecule has 0 saturated carbocycles. The Morgan fingerprint density at radius 2 is 2.07 bits per heavy atom. The van der Waals surface area contributed by atoms with Gasteiger partial charge in [0.2, 0.25) is 5.91 Å². The van der Waals surface area contributed by atoms with E-state index in [9.17, 15) is 19.7 Å². The summed E-state index contributed by atoms with van der Waals surface area (Å²) < 4.78 is 6.55. The van der Waals surface area contributed by atoms with Crippen molar-refractivity contribution in [3.05, 3.63) is 48.9 Å². The van der Waals surface area contributed by atoms with Gasteiger partial charge in [-0.05, 0) is 30.0 Å². The van der Waals surface area contributed by atoms with Gasteiger partial charge >= 0.3 is 11.8 Å². The van der Waals surface area contributed by atoms with Crippen LogP contribution in [-0.2, 0) is 16.1 Å². The van der Waals surface area contributed by atoms with Gasteiger partial charge in [-0.15, -0.1) is 11.3 Å². The van der Waals surface area contributed by atoms with Crippen LogP contribution in [0.25, 0.3) is 10.1 Å². The highest BCUT2D eigenvalue weighted by Gasteiger charge is 2.25. The van der Waals surface area contributed by atoms with Gasteiger partial charge in [0.1, 0.15) is 11.4 Å². The Kier molecular flexibility index (Phi) is 5.54. The lowest BCUT2D eigenvalue weighted by Crippen LogP contribution is -2.20. The fourth-order valence-corrected chi connectivity index (χ4v) is 4.15. The highest BCUT2D eigenvalue weighted by Crippen LogP contribution is 2.37. The number of rotatable bonds is 5. The summed E-state index contributed by atoms with van der Waals surface area (Å²) in [7, 11) is 1.27. The second-order valence-corrected chi connectivity index (χ2v) is 7.44. The summed E-state index contributed by atoms with van der Waals surface area (Å²) in [5.74, 6) is -1.49. The Bertz CT molecular complexity index is 1120. The number of fused-ring (bicyclic) bond motifs is 1. The Morgan fingerprint density at radius 1 is 1.36 bits per heavy atom. The second kappa shape index (κ2) is 7.74. The molecule has 1 N–H and O–H groups in total. The molecule has 0 unspecified atom stereocenters. The Balaban J connectivity index is 1.81. The van der Waals surface area contributed by atoms with Crippen LogP contribution in [0.3, 0.4) is 0 Å². The second-order valence-electron chi connectivity index (χ2n) is 5.63. The summed E-state index contributed by atoms with van der Waals surface area (Å²) in [5, 5.41) is 18.2. The summed E-state index contributed by atoms with van der Waals surface area (Å²) in [6, 6.07) is 4.98. The molecule has 12 heteroatoms. The van der Waals surface area contributed by atoms with Crippen molar-refractivity contribution in [2.24, 2.45) is 0 Å². The number of nitro groups is 1. The number of ether oxygens (including phenoxy) is 1. The monoisotopic (exact) mass is 442 g/mol. The predicted molar refractivity (Wildman–Crippen MR) is 105 cm³/mol. The first-order valence-electron chi connectivity index (χ1n) is 7.70. The Hall–Kier alpha value is -2.69. The fourth-order valence-electron chi connectivity index (χ4n) is 2.48. The molecule has 3 aromatic rings. The van der Waals surface area contributed by atoms with Crippen LogP contribution in [0.4, 0.5) is 11.5 Å². The van der Waals surface area contributed by atoms with Crippen molar-refractivity contribution in [1.29, 1.82) is 0 Å². The number of aromatic nitrogens is 2. The number of methoxy groups -OCH3 is 1. The molecule has 0 aliphatic heterocycles. The molecule has 0 spiro atoms. The van der Waals surface area contributed by atoms with E-state index in [0.717, 1.165) is 16.0 Å². The van der Waals surface area contributed by atoms with Crippen molar-refractivity contribution in [3.8, 4) is 0 Å². The number of halogens is 2. The zero-order valence-corrected chi connectivity index (χ0v) is 16.8. The summed E-state index contributed by atoms with van der Waals surface area (Å²) >= 11 is 13.2. The third kappa shape index (κ3) is 3.66. The normalized spacial score (nSPS) is 10.9. The maximum absolute atomic E-state index is 12.3. The van der Waals surface area contributed by atoms with E-state index in [1.165, 1.54) is 14.0 Å². The molecule has 0 bridgehead atoms. The lowest BCUT2D eigenvalue weighted by Gasteiger charge is -2.05. The Labute approximate surface area is 171 Å². The number of carbonyl (C=O) groups excluding carboxylic acids is 2. The van der Waals surface area contributed by atoms with Gasteiger partial charge in [-0.25, -0.2) is 4.79 Å². The average molecular weight is 443 g/mol. The van der Waals surface area contributed by atoms with E-state index < -0.39 is 22.6 Å². The molecule has 1 amide bonds. The topological polar surface area (TPSA) is 116 Å².